The number of hydrogen-bond acceptors (Lipinski definition) is 2. The number of halogens is 3. The van der Waals surface area contributed by atoms with E-state index in [2.05, 4.69) is 5.32 Å². The van der Waals surface area contributed by atoms with E-state index in [0.29, 0.717) is 25.8 Å². The summed E-state index contributed by atoms with van der Waals surface area (Å²) in [6.45, 7) is 1.52. The summed E-state index contributed by atoms with van der Waals surface area (Å²) in [5.74, 6) is -3.01. The normalized spacial score (nSPS) is 21.7. The summed E-state index contributed by atoms with van der Waals surface area (Å²) < 4.78 is 44.1. The lowest BCUT2D eigenvalue weighted by atomic mass is 10.1. The highest BCUT2D eigenvalue weighted by Crippen LogP contribution is 2.23. The van der Waals surface area contributed by atoms with E-state index in [-0.39, 0.29) is 5.56 Å². The van der Waals surface area contributed by atoms with Crippen LogP contribution in [0.3, 0.4) is 0 Å². The molecule has 1 N–H and O–H groups in total. The summed E-state index contributed by atoms with van der Waals surface area (Å²) in [4.78, 5) is 0. The fraction of sp³-hybridized carbons (Fsp3) is 0.400. The van der Waals surface area contributed by atoms with Crippen molar-refractivity contribution in [2.75, 3.05) is 19.7 Å². The van der Waals surface area contributed by atoms with Crippen molar-refractivity contribution in [2.45, 2.75) is 6.10 Å². The highest BCUT2D eigenvalue weighted by molar-refractivity contribution is 5.23. The zero-order chi connectivity index (χ0) is 10.8. The van der Waals surface area contributed by atoms with Gasteiger partial charge < -0.3 is 10.1 Å². The van der Waals surface area contributed by atoms with Crippen molar-refractivity contribution in [3.8, 4) is 0 Å². The zero-order valence-corrected chi connectivity index (χ0v) is 7.90. The molecule has 1 saturated heterocycles. The molecule has 5 heteroatoms. The van der Waals surface area contributed by atoms with E-state index < -0.39 is 23.6 Å². The molecule has 1 fully saturated rings. The lowest BCUT2D eigenvalue weighted by Crippen LogP contribution is -2.33. The second-order valence-electron chi connectivity index (χ2n) is 3.35. The summed E-state index contributed by atoms with van der Waals surface area (Å²) in [7, 11) is 0. The highest BCUT2D eigenvalue weighted by atomic mass is 19.2. The highest BCUT2D eigenvalue weighted by Gasteiger charge is 2.21. The minimum absolute atomic E-state index is 0.0566. The van der Waals surface area contributed by atoms with Crippen LogP contribution in [0.4, 0.5) is 13.2 Å². The van der Waals surface area contributed by atoms with Crippen molar-refractivity contribution in [1.82, 2.24) is 5.32 Å². The van der Waals surface area contributed by atoms with E-state index >= 15 is 0 Å². The lowest BCUT2D eigenvalue weighted by molar-refractivity contribution is 0.0252. The van der Waals surface area contributed by atoms with Crippen molar-refractivity contribution >= 4 is 0 Å². The van der Waals surface area contributed by atoms with Gasteiger partial charge in [0.15, 0.2) is 11.6 Å². The summed E-state index contributed by atoms with van der Waals surface area (Å²) in [6.07, 6.45) is -0.547. The van der Waals surface area contributed by atoms with Gasteiger partial charge in [-0.15, -0.1) is 0 Å². The van der Waals surface area contributed by atoms with Crippen LogP contribution in [0.1, 0.15) is 11.7 Å². The van der Waals surface area contributed by atoms with Gasteiger partial charge in [0.25, 0.3) is 0 Å². The number of rotatable bonds is 1. The molecule has 1 heterocycles. The minimum Gasteiger partial charge on any atom is -0.371 e. The molecule has 2 nitrogen and oxygen atoms in total. The molecule has 2 rings (SSSR count). The number of nitrogens with one attached hydrogen (secondary N) is 1. The average Bonchev–Trinajstić information content (AvgIpc) is 2.25. The molecule has 0 amide bonds. The van der Waals surface area contributed by atoms with Crippen molar-refractivity contribution in [1.29, 1.82) is 0 Å². The topological polar surface area (TPSA) is 21.3 Å². The molecule has 0 aromatic heterocycles. The van der Waals surface area contributed by atoms with Crippen molar-refractivity contribution in [3.05, 3.63) is 35.1 Å². The third-order valence-electron chi connectivity index (χ3n) is 2.31. The quantitative estimate of drug-likeness (QED) is 0.724. The van der Waals surface area contributed by atoms with Crippen LogP contribution in [0.15, 0.2) is 12.1 Å². The summed E-state index contributed by atoms with van der Waals surface area (Å²) in [5.41, 5.74) is 0.0566. The Labute approximate surface area is 85.0 Å². The van der Waals surface area contributed by atoms with Gasteiger partial charge in [0.2, 0.25) is 0 Å². The monoisotopic (exact) mass is 217 g/mol. The Morgan fingerprint density at radius 1 is 1.13 bits per heavy atom. The van der Waals surface area contributed by atoms with Crippen LogP contribution in [0.5, 0.6) is 0 Å². The molecule has 1 atom stereocenters. The molecule has 15 heavy (non-hydrogen) atoms. The van der Waals surface area contributed by atoms with Gasteiger partial charge in [0.1, 0.15) is 5.82 Å². The molecular weight excluding hydrogens is 207 g/mol. The van der Waals surface area contributed by atoms with Crippen molar-refractivity contribution < 1.29 is 17.9 Å². The van der Waals surface area contributed by atoms with E-state index in [1.807, 2.05) is 0 Å². The smallest absolute Gasteiger partial charge is 0.161 e. The van der Waals surface area contributed by atoms with Crippen LogP contribution in [0.2, 0.25) is 0 Å². The van der Waals surface area contributed by atoms with E-state index in [0.717, 1.165) is 6.07 Å². The molecule has 82 valence electrons. The number of morpholine rings is 1. The predicted octanol–water partition coefficient (Wildman–Crippen LogP) is 1.76. The van der Waals surface area contributed by atoms with Crippen LogP contribution >= 0.6 is 0 Å². The molecule has 0 bridgehead atoms. The van der Waals surface area contributed by atoms with Gasteiger partial charge >= 0.3 is 0 Å². The molecule has 0 saturated carbocycles. The third-order valence-corrected chi connectivity index (χ3v) is 2.31. The maximum absolute atomic E-state index is 13.3. The van der Waals surface area contributed by atoms with E-state index in [1.54, 1.807) is 0 Å². The molecule has 1 aliphatic heterocycles. The number of hydrogen-bond donors (Lipinski definition) is 1. The second kappa shape index (κ2) is 4.20. The molecule has 1 aromatic rings. The second-order valence-corrected chi connectivity index (χ2v) is 3.35. The first kappa shape index (κ1) is 10.4. The first-order valence-electron chi connectivity index (χ1n) is 4.65. The Morgan fingerprint density at radius 3 is 2.53 bits per heavy atom. The molecule has 1 aromatic carbocycles. The molecule has 1 aliphatic rings. The first-order chi connectivity index (χ1) is 7.18. The fourth-order valence-corrected chi connectivity index (χ4v) is 1.55. The van der Waals surface area contributed by atoms with Gasteiger partial charge in [0.05, 0.1) is 12.7 Å². The van der Waals surface area contributed by atoms with Crippen molar-refractivity contribution in [3.63, 3.8) is 0 Å². The van der Waals surface area contributed by atoms with Crippen LogP contribution in [0.25, 0.3) is 0 Å². The van der Waals surface area contributed by atoms with Crippen molar-refractivity contribution in [2.24, 2.45) is 0 Å². The maximum atomic E-state index is 13.3. The Kier molecular flexibility index (Phi) is 2.93. The maximum Gasteiger partial charge on any atom is 0.161 e. The summed E-state index contributed by atoms with van der Waals surface area (Å²) >= 11 is 0. The van der Waals surface area contributed by atoms with E-state index in [9.17, 15) is 13.2 Å². The van der Waals surface area contributed by atoms with Gasteiger partial charge in [-0.1, -0.05) is 0 Å². The van der Waals surface area contributed by atoms with Gasteiger partial charge in [-0.2, -0.15) is 0 Å². The van der Waals surface area contributed by atoms with Gasteiger partial charge in [0, 0.05) is 24.7 Å². The fourth-order valence-electron chi connectivity index (χ4n) is 1.55. The standard InChI is InChI=1S/C10H10F3NO/c11-7-4-9(13)8(12)3-6(7)10-5-14-1-2-15-10/h3-4,10,14H,1-2,5H2. The van der Waals surface area contributed by atoms with Crippen LogP contribution < -0.4 is 5.32 Å². The zero-order valence-electron chi connectivity index (χ0n) is 7.90. The Hall–Kier alpha value is -1.07. The third kappa shape index (κ3) is 2.13. The number of benzene rings is 1. The Morgan fingerprint density at radius 2 is 1.87 bits per heavy atom. The molecular formula is C10H10F3NO. The first-order valence-corrected chi connectivity index (χ1v) is 4.65. The summed E-state index contributed by atoms with van der Waals surface area (Å²) in [5, 5.41) is 2.99. The van der Waals surface area contributed by atoms with Crippen LogP contribution in [-0.4, -0.2) is 19.7 Å². The molecule has 0 aliphatic carbocycles. The largest absolute Gasteiger partial charge is 0.371 e. The molecule has 0 spiro atoms. The van der Waals surface area contributed by atoms with Crippen LogP contribution in [-0.2, 0) is 4.74 Å². The van der Waals surface area contributed by atoms with Crippen LogP contribution in [0, 0.1) is 17.5 Å². The predicted molar refractivity (Wildman–Crippen MR) is 47.9 cm³/mol. The average molecular weight is 217 g/mol. The lowest BCUT2D eigenvalue weighted by Gasteiger charge is -2.24. The Balaban J connectivity index is 2.30. The summed E-state index contributed by atoms with van der Waals surface area (Å²) in [6, 6.07) is 1.39. The SMILES string of the molecule is Fc1cc(F)c(C2CNCCO2)cc1F. The van der Waals surface area contributed by atoms with E-state index in [4.69, 9.17) is 4.74 Å². The Bertz CT molecular complexity index is 364. The molecule has 0 radical (unpaired) electrons. The van der Waals surface area contributed by atoms with Gasteiger partial charge in [-0.3, -0.25) is 0 Å². The van der Waals surface area contributed by atoms with Gasteiger partial charge in [-0.05, 0) is 6.07 Å². The van der Waals surface area contributed by atoms with Gasteiger partial charge in [-0.25, -0.2) is 13.2 Å². The molecule has 1 unspecified atom stereocenters. The minimum atomic E-state index is -1.18. The number of ether oxygens (including phenoxy) is 1. The van der Waals surface area contributed by atoms with E-state index in [1.165, 1.54) is 0 Å².